The molecule has 1 unspecified atom stereocenters. The predicted octanol–water partition coefficient (Wildman–Crippen LogP) is 4.86. The highest BCUT2D eigenvalue weighted by Crippen LogP contribution is 2.30. The van der Waals surface area contributed by atoms with Gasteiger partial charge in [-0.25, -0.2) is 4.39 Å². The monoisotopic (exact) mass is 381 g/mol. The first-order chi connectivity index (χ1) is 10.6. The number of rotatable bonds is 3. The lowest BCUT2D eigenvalue weighted by Gasteiger charge is -2.32. The molecule has 2 aromatic carbocycles. The van der Waals surface area contributed by atoms with Crippen LogP contribution in [0.2, 0.25) is 5.02 Å². The van der Waals surface area contributed by atoms with Crippen LogP contribution in [0, 0.1) is 5.82 Å². The van der Waals surface area contributed by atoms with Crippen LogP contribution >= 0.6 is 27.5 Å². The topological polar surface area (TPSA) is 18.5 Å². The van der Waals surface area contributed by atoms with Gasteiger partial charge in [0.25, 0.3) is 0 Å². The molecule has 6 heteroatoms. The highest BCUT2D eigenvalue weighted by Gasteiger charge is 2.26. The first kappa shape index (κ1) is 15.2. The van der Waals surface area contributed by atoms with Gasteiger partial charge in [0.15, 0.2) is 6.29 Å². The lowest BCUT2D eigenvalue weighted by Crippen LogP contribution is -2.43. The second-order valence-electron chi connectivity index (χ2n) is 4.96. The molecule has 1 aliphatic rings. The molecule has 0 aliphatic carbocycles. The number of halogens is 3. The van der Waals surface area contributed by atoms with Gasteiger partial charge in [-0.2, -0.15) is 0 Å². The molecule has 1 atom stereocenters. The molecule has 0 fully saturated rings. The van der Waals surface area contributed by atoms with Crippen LogP contribution in [0.3, 0.4) is 0 Å². The Labute approximate surface area is 142 Å². The lowest BCUT2D eigenvalue weighted by atomic mass is 10.3. The minimum Gasteiger partial charge on any atom is -0.344 e. The van der Waals surface area contributed by atoms with Gasteiger partial charge in [0.2, 0.25) is 0 Å². The van der Waals surface area contributed by atoms with Crippen molar-refractivity contribution in [2.45, 2.75) is 6.29 Å². The van der Waals surface area contributed by atoms with E-state index in [2.05, 4.69) is 21.2 Å². The van der Waals surface area contributed by atoms with E-state index in [0.29, 0.717) is 10.7 Å². The Bertz CT molecular complexity index is 685. The molecule has 3 rings (SSSR count). The summed E-state index contributed by atoms with van der Waals surface area (Å²) in [7, 11) is 1.92. The van der Waals surface area contributed by atoms with E-state index in [1.807, 2.05) is 53.5 Å². The van der Waals surface area contributed by atoms with Gasteiger partial charge >= 0.3 is 0 Å². The normalized spacial score (nSPS) is 17.2. The van der Waals surface area contributed by atoms with E-state index >= 15 is 0 Å². The van der Waals surface area contributed by atoms with Gasteiger partial charge < -0.3 is 15.1 Å². The van der Waals surface area contributed by atoms with Crippen molar-refractivity contribution < 1.29 is 4.39 Å². The van der Waals surface area contributed by atoms with Gasteiger partial charge in [-0.05, 0) is 36.4 Å². The van der Waals surface area contributed by atoms with E-state index in [0.717, 1.165) is 10.2 Å². The number of anilines is 2. The summed E-state index contributed by atoms with van der Waals surface area (Å²) in [6.07, 6.45) is 3.61. The van der Waals surface area contributed by atoms with E-state index in [4.69, 9.17) is 11.6 Å². The molecule has 22 heavy (non-hydrogen) atoms. The molecule has 0 bridgehead atoms. The second kappa shape index (κ2) is 6.18. The highest BCUT2D eigenvalue weighted by atomic mass is 79.9. The van der Waals surface area contributed by atoms with Gasteiger partial charge in [-0.3, -0.25) is 0 Å². The third-order valence-electron chi connectivity index (χ3n) is 3.47. The van der Waals surface area contributed by atoms with Crippen molar-refractivity contribution >= 4 is 38.9 Å². The summed E-state index contributed by atoms with van der Waals surface area (Å²) in [6, 6.07) is 12.6. The van der Waals surface area contributed by atoms with Crippen LogP contribution in [0.4, 0.5) is 15.8 Å². The van der Waals surface area contributed by atoms with Gasteiger partial charge in [0.05, 0.1) is 10.7 Å². The van der Waals surface area contributed by atoms with Crippen molar-refractivity contribution in [3.63, 3.8) is 0 Å². The van der Waals surface area contributed by atoms with Gasteiger partial charge in [-0.1, -0.05) is 33.6 Å². The molecule has 1 aliphatic heterocycles. The maximum atomic E-state index is 14.0. The lowest BCUT2D eigenvalue weighted by molar-refractivity contribution is 0.391. The summed E-state index contributed by atoms with van der Waals surface area (Å²) in [5.74, 6) is -0.372. The quantitative estimate of drug-likeness (QED) is 0.818. The zero-order chi connectivity index (χ0) is 15.7. The predicted molar refractivity (Wildman–Crippen MR) is 92.3 cm³/mol. The largest absolute Gasteiger partial charge is 0.344 e. The van der Waals surface area contributed by atoms with E-state index in [1.165, 1.54) is 6.07 Å². The Kier molecular flexibility index (Phi) is 4.27. The van der Waals surface area contributed by atoms with E-state index < -0.39 is 0 Å². The van der Waals surface area contributed by atoms with Crippen LogP contribution < -0.4 is 10.2 Å². The van der Waals surface area contributed by atoms with E-state index in [9.17, 15) is 4.39 Å². The molecule has 0 aromatic heterocycles. The van der Waals surface area contributed by atoms with Crippen molar-refractivity contribution in [2.24, 2.45) is 0 Å². The van der Waals surface area contributed by atoms with Crippen molar-refractivity contribution in [3.05, 3.63) is 70.2 Å². The van der Waals surface area contributed by atoms with Crippen LogP contribution in [-0.2, 0) is 0 Å². The zero-order valence-electron chi connectivity index (χ0n) is 11.8. The van der Waals surface area contributed by atoms with Crippen LogP contribution in [-0.4, -0.2) is 18.2 Å². The van der Waals surface area contributed by atoms with Crippen LogP contribution in [0.1, 0.15) is 0 Å². The molecule has 3 nitrogen and oxygen atoms in total. The summed E-state index contributed by atoms with van der Waals surface area (Å²) in [5.41, 5.74) is 1.29. The number of para-hydroxylation sites is 1. The molecule has 2 aromatic rings. The smallest absolute Gasteiger partial charge is 0.182 e. The minimum absolute atomic E-state index is 0.254. The SMILES string of the molecule is CN1C=CN(c2ccc(Br)cc2)C1Nc1c(F)cccc1Cl. The average Bonchev–Trinajstić information content (AvgIpc) is 2.85. The molecular weight excluding hydrogens is 369 g/mol. The van der Waals surface area contributed by atoms with Crippen LogP contribution in [0.25, 0.3) is 0 Å². The van der Waals surface area contributed by atoms with Gasteiger partial charge in [-0.15, -0.1) is 0 Å². The Balaban J connectivity index is 1.89. The van der Waals surface area contributed by atoms with Gasteiger partial charge in [0, 0.05) is 29.6 Å². The number of hydrogen-bond donors (Lipinski definition) is 1. The first-order valence-corrected chi connectivity index (χ1v) is 7.88. The van der Waals surface area contributed by atoms with Crippen molar-refractivity contribution in [1.82, 2.24) is 4.90 Å². The molecule has 114 valence electrons. The third-order valence-corrected chi connectivity index (χ3v) is 4.32. The van der Waals surface area contributed by atoms with E-state index in [1.54, 1.807) is 12.1 Å². The van der Waals surface area contributed by atoms with E-state index in [-0.39, 0.29) is 12.1 Å². The minimum atomic E-state index is -0.372. The molecule has 1 heterocycles. The summed E-state index contributed by atoms with van der Waals surface area (Å²) < 4.78 is 15.0. The molecule has 1 N–H and O–H groups in total. The second-order valence-corrected chi connectivity index (χ2v) is 6.28. The van der Waals surface area contributed by atoms with Crippen molar-refractivity contribution in [2.75, 3.05) is 17.3 Å². The summed E-state index contributed by atoms with van der Waals surface area (Å²) in [6.45, 7) is 0. The summed E-state index contributed by atoms with van der Waals surface area (Å²) in [5, 5.41) is 3.52. The Morgan fingerprint density at radius 1 is 1.14 bits per heavy atom. The molecule has 0 saturated carbocycles. The van der Waals surface area contributed by atoms with Gasteiger partial charge in [0.1, 0.15) is 5.82 Å². The average molecular weight is 383 g/mol. The Hall–Kier alpha value is -1.72. The van der Waals surface area contributed by atoms with Crippen LogP contribution in [0.15, 0.2) is 59.3 Å². The maximum Gasteiger partial charge on any atom is 0.182 e. The summed E-state index contributed by atoms with van der Waals surface area (Å²) in [4.78, 5) is 3.96. The fourth-order valence-corrected chi connectivity index (χ4v) is 2.79. The standard InChI is InChI=1S/C16H14BrClFN3/c1-21-9-10-22(12-7-5-11(17)6-8-12)16(21)20-15-13(18)3-2-4-14(15)19/h2-10,16,20H,1H3. The molecule has 0 radical (unpaired) electrons. The molecule has 0 saturated heterocycles. The third kappa shape index (κ3) is 2.91. The number of benzene rings is 2. The Morgan fingerprint density at radius 3 is 2.55 bits per heavy atom. The number of nitrogens with zero attached hydrogens (tertiary/aromatic N) is 2. The Morgan fingerprint density at radius 2 is 1.86 bits per heavy atom. The number of nitrogens with one attached hydrogen (secondary N) is 1. The summed E-state index contributed by atoms with van der Waals surface area (Å²) >= 11 is 9.53. The fourth-order valence-electron chi connectivity index (χ4n) is 2.31. The first-order valence-electron chi connectivity index (χ1n) is 6.71. The highest BCUT2D eigenvalue weighted by molar-refractivity contribution is 9.10. The molecule has 0 spiro atoms. The van der Waals surface area contributed by atoms with Crippen molar-refractivity contribution in [3.8, 4) is 0 Å². The fraction of sp³-hybridized carbons (Fsp3) is 0.125. The molecular formula is C16H14BrClFN3. The van der Waals surface area contributed by atoms with Crippen molar-refractivity contribution in [1.29, 1.82) is 0 Å². The zero-order valence-corrected chi connectivity index (χ0v) is 14.1. The maximum absolute atomic E-state index is 14.0. The van der Waals surface area contributed by atoms with Crippen LogP contribution in [0.5, 0.6) is 0 Å². The molecule has 0 amide bonds. The number of hydrogen-bond acceptors (Lipinski definition) is 3.